The lowest BCUT2D eigenvalue weighted by molar-refractivity contribution is -0.173. The van der Waals surface area contributed by atoms with Gasteiger partial charge in [-0.3, -0.25) is 9.59 Å². The fourth-order valence-electron chi connectivity index (χ4n) is 1.21. The van der Waals surface area contributed by atoms with E-state index in [0.29, 0.717) is 12.8 Å². The van der Waals surface area contributed by atoms with E-state index in [1.54, 1.807) is 10.6 Å². The maximum atomic E-state index is 11.8. The summed E-state index contributed by atoms with van der Waals surface area (Å²) in [7, 11) is 0. The Bertz CT molecular complexity index is 295. The van der Waals surface area contributed by atoms with Gasteiger partial charge in [0.2, 0.25) is 0 Å². The third-order valence-corrected chi connectivity index (χ3v) is 2.19. The summed E-state index contributed by atoms with van der Waals surface area (Å²) in [6, 6.07) is 0. The Kier molecular flexibility index (Phi) is 7.36. The fraction of sp³-hybridized carbons (Fsp3) is 0.800. The average Bonchev–Trinajstić information content (AvgIpc) is 2.29. The molecule has 118 valence electrons. The van der Waals surface area contributed by atoms with Gasteiger partial charge in [0.15, 0.2) is 0 Å². The summed E-state index contributed by atoms with van der Waals surface area (Å²) in [5.41, 5.74) is 0. The van der Waals surface area contributed by atoms with E-state index in [1.807, 2.05) is 0 Å². The van der Waals surface area contributed by atoms with Gasteiger partial charge >= 0.3 is 24.2 Å². The van der Waals surface area contributed by atoms with Gasteiger partial charge in [0.25, 0.3) is 0 Å². The van der Waals surface area contributed by atoms with Crippen molar-refractivity contribution in [2.75, 3.05) is 13.1 Å². The molecule has 0 saturated carbocycles. The summed E-state index contributed by atoms with van der Waals surface area (Å²) < 4.78 is 70.5. The van der Waals surface area contributed by atoms with Crippen molar-refractivity contribution in [2.45, 2.75) is 38.0 Å². The number of carbonyl (C=O) groups is 2. The summed E-state index contributed by atoms with van der Waals surface area (Å²) in [5, 5.41) is 3.34. The van der Waals surface area contributed by atoms with E-state index in [1.165, 1.54) is 0 Å². The average molecular weight is 308 g/mol. The van der Waals surface area contributed by atoms with Gasteiger partial charge in [-0.15, -0.1) is 0 Å². The van der Waals surface area contributed by atoms with Crippen LogP contribution in [0.25, 0.3) is 0 Å². The van der Waals surface area contributed by atoms with Crippen molar-refractivity contribution >= 4 is 11.8 Å². The molecule has 0 aliphatic carbocycles. The van der Waals surface area contributed by atoms with Crippen LogP contribution in [0, 0.1) is 0 Å². The number of alkyl halides is 6. The minimum absolute atomic E-state index is 0.159. The fourth-order valence-corrected chi connectivity index (χ4v) is 1.21. The van der Waals surface area contributed by atoms with Crippen molar-refractivity contribution in [1.82, 2.24) is 10.6 Å². The normalized spacial score (nSPS) is 12.1. The van der Waals surface area contributed by atoms with Gasteiger partial charge in [-0.05, 0) is 12.8 Å². The van der Waals surface area contributed by atoms with Gasteiger partial charge in [0.1, 0.15) is 0 Å². The molecule has 0 aromatic rings. The highest BCUT2D eigenvalue weighted by Crippen LogP contribution is 2.14. The number of hydrogen-bond acceptors (Lipinski definition) is 2. The van der Waals surface area contributed by atoms with Gasteiger partial charge in [-0.1, -0.05) is 12.8 Å². The van der Waals surface area contributed by atoms with Crippen LogP contribution >= 0.6 is 0 Å². The zero-order valence-corrected chi connectivity index (χ0v) is 10.3. The van der Waals surface area contributed by atoms with Crippen LogP contribution in [0.2, 0.25) is 0 Å². The van der Waals surface area contributed by atoms with E-state index in [4.69, 9.17) is 0 Å². The quantitative estimate of drug-likeness (QED) is 0.557. The lowest BCUT2D eigenvalue weighted by Gasteiger charge is -2.08. The molecule has 0 heterocycles. The Hall–Kier alpha value is -1.48. The number of unbranched alkanes of at least 4 members (excludes halogenated alkanes) is 3. The van der Waals surface area contributed by atoms with Crippen LogP contribution in [-0.4, -0.2) is 37.3 Å². The summed E-state index contributed by atoms with van der Waals surface area (Å²) >= 11 is 0. The van der Waals surface area contributed by atoms with Crippen LogP contribution in [0.1, 0.15) is 25.7 Å². The zero-order chi connectivity index (χ0) is 15.8. The lowest BCUT2D eigenvalue weighted by Crippen LogP contribution is -2.37. The summed E-state index contributed by atoms with van der Waals surface area (Å²) in [6.45, 7) is -0.319. The van der Waals surface area contributed by atoms with Crippen LogP contribution < -0.4 is 10.6 Å². The largest absolute Gasteiger partial charge is 0.471 e. The Morgan fingerprint density at radius 3 is 1.20 bits per heavy atom. The SMILES string of the molecule is O=C(NCCCCCCNC(=O)C(F)(F)F)C(F)(F)F. The second kappa shape index (κ2) is 7.95. The molecule has 0 fully saturated rings. The third kappa shape index (κ3) is 8.59. The van der Waals surface area contributed by atoms with Crippen LogP contribution in [0.15, 0.2) is 0 Å². The molecule has 0 spiro atoms. The maximum absolute atomic E-state index is 11.8. The highest BCUT2D eigenvalue weighted by atomic mass is 19.4. The molecule has 0 atom stereocenters. The van der Waals surface area contributed by atoms with E-state index in [-0.39, 0.29) is 25.9 Å². The monoisotopic (exact) mass is 308 g/mol. The number of rotatable bonds is 7. The van der Waals surface area contributed by atoms with E-state index in [0.717, 1.165) is 0 Å². The first kappa shape index (κ1) is 18.5. The number of hydrogen-bond donors (Lipinski definition) is 2. The van der Waals surface area contributed by atoms with Gasteiger partial charge in [0, 0.05) is 13.1 Å². The Labute approximate surface area is 110 Å². The summed E-state index contributed by atoms with van der Waals surface area (Å²) in [6.07, 6.45) is -8.42. The van der Waals surface area contributed by atoms with Gasteiger partial charge in [-0.2, -0.15) is 26.3 Å². The first-order valence-corrected chi connectivity index (χ1v) is 5.75. The molecule has 0 aliphatic heterocycles. The van der Waals surface area contributed by atoms with Crippen molar-refractivity contribution in [3.63, 3.8) is 0 Å². The van der Waals surface area contributed by atoms with Gasteiger partial charge in [0.05, 0.1) is 0 Å². The lowest BCUT2D eigenvalue weighted by atomic mass is 10.2. The molecule has 2 amide bonds. The predicted molar refractivity (Wildman–Crippen MR) is 56.6 cm³/mol. The van der Waals surface area contributed by atoms with Crippen molar-refractivity contribution in [2.24, 2.45) is 0 Å². The topological polar surface area (TPSA) is 58.2 Å². The number of amides is 2. The summed E-state index contributed by atoms with van der Waals surface area (Å²) in [4.78, 5) is 20.8. The van der Waals surface area contributed by atoms with Gasteiger partial charge < -0.3 is 10.6 Å². The molecule has 4 nitrogen and oxygen atoms in total. The van der Waals surface area contributed by atoms with Crippen molar-refractivity contribution in [3.05, 3.63) is 0 Å². The Morgan fingerprint density at radius 2 is 0.950 bits per heavy atom. The molecule has 20 heavy (non-hydrogen) atoms. The van der Waals surface area contributed by atoms with E-state index in [9.17, 15) is 35.9 Å². The van der Waals surface area contributed by atoms with Crippen LogP contribution in [0.5, 0.6) is 0 Å². The number of carbonyl (C=O) groups excluding carboxylic acids is 2. The first-order chi connectivity index (χ1) is 9.05. The second-order valence-corrected chi connectivity index (χ2v) is 3.92. The molecular weight excluding hydrogens is 294 g/mol. The van der Waals surface area contributed by atoms with E-state index >= 15 is 0 Å². The Morgan fingerprint density at radius 1 is 0.650 bits per heavy atom. The molecule has 0 aliphatic rings. The van der Waals surface area contributed by atoms with E-state index < -0.39 is 24.2 Å². The predicted octanol–water partition coefficient (Wildman–Crippen LogP) is 1.90. The molecule has 0 rings (SSSR count). The molecule has 0 aromatic carbocycles. The highest BCUT2D eigenvalue weighted by molar-refractivity contribution is 5.81. The summed E-state index contributed by atoms with van der Waals surface area (Å²) in [5.74, 6) is -4.04. The molecule has 0 saturated heterocycles. The Balaban J connectivity index is 3.47. The molecule has 2 N–H and O–H groups in total. The zero-order valence-electron chi connectivity index (χ0n) is 10.3. The van der Waals surface area contributed by atoms with Crippen LogP contribution in [0.3, 0.4) is 0 Å². The smallest absolute Gasteiger partial charge is 0.348 e. The van der Waals surface area contributed by atoms with Crippen molar-refractivity contribution in [3.8, 4) is 0 Å². The highest BCUT2D eigenvalue weighted by Gasteiger charge is 2.38. The standard InChI is InChI=1S/C10H14F6N2O2/c11-9(12,13)7(19)17-5-3-1-2-4-6-18-8(20)10(14,15)16/h1-6H2,(H,17,19)(H,18,20). The number of halogens is 6. The molecule has 0 unspecified atom stereocenters. The maximum Gasteiger partial charge on any atom is 0.471 e. The molecular formula is C10H14F6N2O2. The van der Waals surface area contributed by atoms with Crippen LogP contribution in [0.4, 0.5) is 26.3 Å². The molecule has 0 bridgehead atoms. The van der Waals surface area contributed by atoms with Crippen molar-refractivity contribution in [1.29, 1.82) is 0 Å². The first-order valence-electron chi connectivity index (χ1n) is 5.75. The molecule has 0 radical (unpaired) electrons. The minimum atomic E-state index is -4.91. The second-order valence-electron chi connectivity index (χ2n) is 3.92. The van der Waals surface area contributed by atoms with Crippen molar-refractivity contribution < 1.29 is 35.9 Å². The van der Waals surface area contributed by atoms with E-state index in [2.05, 4.69) is 0 Å². The van der Waals surface area contributed by atoms with Crippen LogP contribution in [-0.2, 0) is 9.59 Å². The van der Waals surface area contributed by atoms with Gasteiger partial charge in [-0.25, -0.2) is 0 Å². The molecule has 0 aromatic heterocycles. The number of nitrogens with one attached hydrogen (secondary N) is 2. The molecule has 10 heteroatoms. The minimum Gasteiger partial charge on any atom is -0.348 e. The third-order valence-electron chi connectivity index (χ3n) is 2.19.